The van der Waals surface area contributed by atoms with Crippen LogP contribution in [0.15, 0.2) is 71.0 Å². The predicted molar refractivity (Wildman–Crippen MR) is 111 cm³/mol. The average molecular weight is 412 g/mol. The largest absolute Gasteiger partial charge is 0.381 e. The Labute approximate surface area is 173 Å². The third-order valence-electron chi connectivity index (χ3n) is 5.28. The lowest BCUT2D eigenvalue weighted by atomic mass is 9.73. The maximum atomic E-state index is 13.4. The SMILES string of the molecule is Cn1ccnc1Sc1ccc(NC(=O)C2(c3ccc(F)cc3)CCOCC2)cc1. The Balaban J connectivity index is 1.51. The molecular formula is C22H22FN3O2S. The van der Waals surface area contributed by atoms with Gasteiger partial charge >= 0.3 is 0 Å². The number of amides is 1. The molecular weight excluding hydrogens is 389 g/mol. The van der Waals surface area contributed by atoms with E-state index in [9.17, 15) is 9.18 Å². The number of aryl methyl sites for hydroxylation is 1. The third-order valence-corrected chi connectivity index (χ3v) is 6.36. The van der Waals surface area contributed by atoms with Crippen LogP contribution in [0.1, 0.15) is 18.4 Å². The van der Waals surface area contributed by atoms with Crippen LogP contribution in [0.2, 0.25) is 0 Å². The number of hydrogen-bond acceptors (Lipinski definition) is 4. The molecule has 1 saturated heterocycles. The maximum absolute atomic E-state index is 13.4. The van der Waals surface area contributed by atoms with Crippen molar-refractivity contribution in [2.45, 2.75) is 28.3 Å². The smallest absolute Gasteiger partial charge is 0.235 e. The van der Waals surface area contributed by atoms with Crippen molar-refractivity contribution in [3.63, 3.8) is 0 Å². The number of carbonyl (C=O) groups is 1. The number of carbonyl (C=O) groups excluding carboxylic acids is 1. The number of nitrogens with zero attached hydrogens (tertiary/aromatic N) is 2. The van der Waals surface area contributed by atoms with Crippen LogP contribution in [0.3, 0.4) is 0 Å². The monoisotopic (exact) mass is 411 g/mol. The Morgan fingerprint density at radius 3 is 2.45 bits per heavy atom. The van der Waals surface area contributed by atoms with Crippen LogP contribution in [0.4, 0.5) is 10.1 Å². The number of ether oxygens (including phenoxy) is 1. The summed E-state index contributed by atoms with van der Waals surface area (Å²) in [5.41, 5.74) is 0.834. The van der Waals surface area contributed by atoms with Gasteiger partial charge < -0.3 is 14.6 Å². The number of halogens is 1. The number of benzene rings is 2. The first-order valence-corrected chi connectivity index (χ1v) is 10.3. The van der Waals surface area contributed by atoms with Crippen LogP contribution in [0.5, 0.6) is 0 Å². The summed E-state index contributed by atoms with van der Waals surface area (Å²) in [5.74, 6) is -0.394. The number of rotatable bonds is 5. The molecule has 3 aromatic rings. The Morgan fingerprint density at radius 2 is 1.83 bits per heavy atom. The molecule has 0 atom stereocenters. The van der Waals surface area contributed by atoms with Crippen molar-refractivity contribution in [1.82, 2.24) is 9.55 Å². The van der Waals surface area contributed by atoms with Gasteiger partial charge in [-0.05, 0) is 54.8 Å². The van der Waals surface area contributed by atoms with Crippen LogP contribution in [-0.2, 0) is 22.0 Å². The van der Waals surface area contributed by atoms with Crippen LogP contribution >= 0.6 is 11.8 Å². The van der Waals surface area contributed by atoms with E-state index in [1.54, 1.807) is 30.1 Å². The Morgan fingerprint density at radius 1 is 1.14 bits per heavy atom. The van der Waals surface area contributed by atoms with E-state index in [1.807, 2.05) is 42.1 Å². The summed E-state index contributed by atoms with van der Waals surface area (Å²) in [6, 6.07) is 13.9. The number of nitrogens with one attached hydrogen (secondary N) is 1. The number of hydrogen-bond donors (Lipinski definition) is 1. The minimum atomic E-state index is -0.716. The lowest BCUT2D eigenvalue weighted by molar-refractivity contribution is -0.125. The molecule has 1 amide bonds. The van der Waals surface area contributed by atoms with Crippen molar-refractivity contribution in [3.8, 4) is 0 Å². The van der Waals surface area contributed by atoms with Gasteiger partial charge in [-0.1, -0.05) is 23.9 Å². The summed E-state index contributed by atoms with van der Waals surface area (Å²) in [6.45, 7) is 1.01. The molecule has 0 saturated carbocycles. The minimum Gasteiger partial charge on any atom is -0.381 e. The highest BCUT2D eigenvalue weighted by molar-refractivity contribution is 7.99. The molecule has 5 nitrogen and oxygen atoms in total. The number of aromatic nitrogens is 2. The summed E-state index contributed by atoms with van der Waals surface area (Å²) in [6.07, 6.45) is 4.80. The van der Waals surface area contributed by atoms with E-state index in [1.165, 1.54) is 12.1 Å². The molecule has 1 aliphatic heterocycles. The fourth-order valence-electron chi connectivity index (χ4n) is 3.55. The van der Waals surface area contributed by atoms with Gasteiger partial charge in [0.05, 0.1) is 5.41 Å². The zero-order valence-electron chi connectivity index (χ0n) is 16.1. The van der Waals surface area contributed by atoms with Crippen LogP contribution in [0, 0.1) is 5.82 Å². The van der Waals surface area contributed by atoms with E-state index in [2.05, 4.69) is 10.3 Å². The first-order valence-electron chi connectivity index (χ1n) is 9.47. The van der Waals surface area contributed by atoms with Crippen molar-refractivity contribution in [3.05, 3.63) is 72.3 Å². The van der Waals surface area contributed by atoms with Crippen molar-refractivity contribution in [2.24, 2.45) is 7.05 Å². The second-order valence-corrected chi connectivity index (χ2v) is 8.14. The lowest BCUT2D eigenvalue weighted by Gasteiger charge is -2.36. The van der Waals surface area contributed by atoms with Crippen molar-refractivity contribution in [2.75, 3.05) is 18.5 Å². The van der Waals surface area contributed by atoms with E-state index in [0.29, 0.717) is 26.1 Å². The van der Waals surface area contributed by atoms with Crippen LogP contribution in [0.25, 0.3) is 0 Å². The highest BCUT2D eigenvalue weighted by Gasteiger charge is 2.41. The van der Waals surface area contributed by atoms with Crippen molar-refractivity contribution in [1.29, 1.82) is 0 Å². The molecule has 150 valence electrons. The topological polar surface area (TPSA) is 56.2 Å². The Kier molecular flexibility index (Phi) is 5.69. The van der Waals surface area contributed by atoms with E-state index in [4.69, 9.17) is 4.74 Å². The van der Waals surface area contributed by atoms with E-state index in [-0.39, 0.29) is 11.7 Å². The van der Waals surface area contributed by atoms with Gasteiger partial charge in [-0.25, -0.2) is 9.37 Å². The third kappa shape index (κ3) is 4.21. The fourth-order valence-corrected chi connectivity index (χ4v) is 4.35. The van der Waals surface area contributed by atoms with E-state index in [0.717, 1.165) is 21.3 Å². The van der Waals surface area contributed by atoms with Crippen LogP contribution < -0.4 is 5.32 Å². The van der Waals surface area contributed by atoms with Gasteiger partial charge in [-0.3, -0.25) is 4.79 Å². The molecule has 1 fully saturated rings. The Bertz CT molecular complexity index is 980. The zero-order valence-corrected chi connectivity index (χ0v) is 16.9. The standard InChI is InChI=1S/C22H22FN3O2S/c1-26-13-12-24-21(26)29-19-8-6-18(7-9-19)25-20(27)22(10-14-28-15-11-22)16-2-4-17(23)5-3-16/h2-9,12-13H,10-11,14-15H2,1H3,(H,25,27). The molecule has 1 aromatic heterocycles. The van der Waals surface area contributed by atoms with E-state index < -0.39 is 5.41 Å². The molecule has 29 heavy (non-hydrogen) atoms. The summed E-state index contributed by atoms with van der Waals surface area (Å²) < 4.78 is 20.8. The predicted octanol–water partition coefficient (Wildman–Crippen LogP) is 4.40. The first-order chi connectivity index (χ1) is 14.1. The molecule has 1 N–H and O–H groups in total. The normalized spacial score (nSPS) is 15.8. The molecule has 0 aliphatic carbocycles. The molecule has 0 unspecified atom stereocenters. The van der Waals surface area contributed by atoms with Gasteiger partial charge in [0.25, 0.3) is 0 Å². The zero-order chi connectivity index (χ0) is 20.3. The molecule has 0 radical (unpaired) electrons. The molecule has 0 spiro atoms. The molecule has 2 heterocycles. The molecule has 4 rings (SSSR count). The molecule has 1 aliphatic rings. The van der Waals surface area contributed by atoms with Gasteiger partial charge in [0.15, 0.2) is 5.16 Å². The number of anilines is 1. The van der Waals surface area contributed by atoms with Gasteiger partial charge in [0, 0.05) is 43.2 Å². The quantitative estimate of drug-likeness (QED) is 0.676. The van der Waals surface area contributed by atoms with Gasteiger partial charge in [-0.15, -0.1) is 0 Å². The average Bonchev–Trinajstić information content (AvgIpc) is 3.15. The summed E-state index contributed by atoms with van der Waals surface area (Å²) in [5, 5.41) is 3.95. The number of imidazole rings is 1. The Hall–Kier alpha value is -2.64. The van der Waals surface area contributed by atoms with Crippen molar-refractivity contribution < 1.29 is 13.9 Å². The van der Waals surface area contributed by atoms with Crippen LogP contribution in [-0.4, -0.2) is 28.7 Å². The second-order valence-electron chi connectivity index (χ2n) is 7.10. The highest BCUT2D eigenvalue weighted by atomic mass is 32.2. The molecule has 0 bridgehead atoms. The molecule has 2 aromatic carbocycles. The maximum Gasteiger partial charge on any atom is 0.235 e. The second kappa shape index (κ2) is 8.39. The highest BCUT2D eigenvalue weighted by Crippen LogP contribution is 2.36. The summed E-state index contributed by atoms with van der Waals surface area (Å²) in [4.78, 5) is 18.6. The lowest BCUT2D eigenvalue weighted by Crippen LogP contribution is -2.44. The summed E-state index contributed by atoms with van der Waals surface area (Å²) >= 11 is 1.56. The fraction of sp³-hybridized carbons (Fsp3) is 0.273. The van der Waals surface area contributed by atoms with Gasteiger partial charge in [-0.2, -0.15) is 0 Å². The minimum absolute atomic E-state index is 0.0862. The summed E-state index contributed by atoms with van der Waals surface area (Å²) in [7, 11) is 1.95. The van der Waals surface area contributed by atoms with E-state index >= 15 is 0 Å². The first kappa shape index (κ1) is 19.7. The van der Waals surface area contributed by atoms with Gasteiger partial charge in [0.1, 0.15) is 5.82 Å². The van der Waals surface area contributed by atoms with Crippen molar-refractivity contribution >= 4 is 23.4 Å². The molecule has 7 heteroatoms. The van der Waals surface area contributed by atoms with Gasteiger partial charge in [0.2, 0.25) is 5.91 Å².